The maximum atomic E-state index is 12.1. The Labute approximate surface area is 179 Å². The summed E-state index contributed by atoms with van der Waals surface area (Å²) in [6.07, 6.45) is 1.50. The SMILES string of the molecule is Cc1ccc(C(=O)N/N=C/c2cccc(OCC(=O)Nc3ccccc3Cl)c2)cc1. The lowest BCUT2D eigenvalue weighted by Crippen LogP contribution is -2.20. The van der Waals surface area contributed by atoms with Crippen molar-refractivity contribution >= 4 is 35.3 Å². The van der Waals surface area contributed by atoms with Gasteiger partial charge < -0.3 is 10.1 Å². The van der Waals surface area contributed by atoms with E-state index in [4.69, 9.17) is 16.3 Å². The third-order valence-electron chi connectivity index (χ3n) is 4.07. The van der Waals surface area contributed by atoms with E-state index >= 15 is 0 Å². The number of halogens is 1. The van der Waals surface area contributed by atoms with E-state index in [-0.39, 0.29) is 18.4 Å². The van der Waals surface area contributed by atoms with Gasteiger partial charge in [0.2, 0.25) is 0 Å². The van der Waals surface area contributed by atoms with Gasteiger partial charge in [0.1, 0.15) is 5.75 Å². The Morgan fingerprint density at radius 1 is 1.03 bits per heavy atom. The molecule has 0 bridgehead atoms. The Balaban J connectivity index is 1.52. The summed E-state index contributed by atoms with van der Waals surface area (Å²) in [5.74, 6) is -0.124. The van der Waals surface area contributed by atoms with Crippen LogP contribution in [0.15, 0.2) is 77.9 Å². The highest BCUT2D eigenvalue weighted by molar-refractivity contribution is 6.33. The van der Waals surface area contributed by atoms with Gasteiger partial charge in [0.05, 0.1) is 16.9 Å². The lowest BCUT2D eigenvalue weighted by Gasteiger charge is -2.09. The molecule has 3 aromatic carbocycles. The van der Waals surface area contributed by atoms with Crippen LogP contribution < -0.4 is 15.5 Å². The lowest BCUT2D eigenvalue weighted by molar-refractivity contribution is -0.118. The number of benzene rings is 3. The van der Waals surface area contributed by atoms with Gasteiger partial charge in [-0.15, -0.1) is 0 Å². The zero-order valence-electron chi connectivity index (χ0n) is 16.3. The molecule has 3 aromatic rings. The van der Waals surface area contributed by atoms with E-state index < -0.39 is 0 Å². The van der Waals surface area contributed by atoms with Crippen LogP contribution in [0.25, 0.3) is 0 Å². The van der Waals surface area contributed by atoms with E-state index in [0.29, 0.717) is 27.6 Å². The summed E-state index contributed by atoms with van der Waals surface area (Å²) >= 11 is 6.02. The van der Waals surface area contributed by atoms with Gasteiger partial charge in [0.15, 0.2) is 6.61 Å². The molecule has 0 saturated heterocycles. The molecule has 2 amide bonds. The number of amides is 2. The van der Waals surface area contributed by atoms with Crippen LogP contribution in [0.2, 0.25) is 5.02 Å². The molecular weight excluding hydrogens is 402 g/mol. The monoisotopic (exact) mass is 421 g/mol. The Morgan fingerprint density at radius 3 is 2.57 bits per heavy atom. The molecule has 0 unspecified atom stereocenters. The minimum Gasteiger partial charge on any atom is -0.484 e. The molecule has 0 aromatic heterocycles. The van der Waals surface area contributed by atoms with E-state index in [1.54, 1.807) is 60.7 Å². The third-order valence-corrected chi connectivity index (χ3v) is 4.40. The number of aryl methyl sites for hydroxylation is 1. The third kappa shape index (κ3) is 6.18. The Kier molecular flexibility index (Phi) is 7.19. The molecule has 0 fully saturated rings. The highest BCUT2D eigenvalue weighted by Gasteiger charge is 2.07. The van der Waals surface area contributed by atoms with Crippen LogP contribution in [-0.4, -0.2) is 24.6 Å². The van der Waals surface area contributed by atoms with Gasteiger partial charge in [-0.25, -0.2) is 5.43 Å². The maximum Gasteiger partial charge on any atom is 0.271 e. The Hall–Kier alpha value is -3.64. The van der Waals surface area contributed by atoms with Gasteiger partial charge in [0, 0.05) is 5.56 Å². The first-order valence-electron chi connectivity index (χ1n) is 9.18. The summed E-state index contributed by atoms with van der Waals surface area (Å²) in [4.78, 5) is 24.1. The van der Waals surface area contributed by atoms with Crippen molar-refractivity contribution < 1.29 is 14.3 Å². The second-order valence-corrected chi connectivity index (χ2v) is 6.86. The molecule has 6 nitrogen and oxygen atoms in total. The van der Waals surface area contributed by atoms with Crippen molar-refractivity contribution in [3.8, 4) is 5.75 Å². The van der Waals surface area contributed by atoms with Crippen LogP contribution in [0.1, 0.15) is 21.5 Å². The predicted octanol–water partition coefficient (Wildman–Crippen LogP) is 4.43. The van der Waals surface area contributed by atoms with E-state index in [0.717, 1.165) is 5.56 Å². The molecule has 7 heteroatoms. The molecule has 0 aliphatic rings. The van der Waals surface area contributed by atoms with Crippen molar-refractivity contribution in [1.82, 2.24) is 5.43 Å². The van der Waals surface area contributed by atoms with E-state index in [1.165, 1.54) is 6.21 Å². The molecule has 0 atom stereocenters. The van der Waals surface area contributed by atoms with E-state index in [1.807, 2.05) is 19.1 Å². The number of ether oxygens (including phenoxy) is 1. The normalized spacial score (nSPS) is 10.6. The summed E-state index contributed by atoms with van der Waals surface area (Å²) in [6.45, 7) is 1.78. The summed E-state index contributed by atoms with van der Waals surface area (Å²) < 4.78 is 5.52. The number of carbonyl (C=O) groups is 2. The van der Waals surface area contributed by atoms with Gasteiger partial charge >= 0.3 is 0 Å². The van der Waals surface area contributed by atoms with Crippen LogP contribution >= 0.6 is 11.6 Å². The molecule has 30 heavy (non-hydrogen) atoms. The number of nitrogens with zero attached hydrogens (tertiary/aromatic N) is 1. The number of hydrogen-bond donors (Lipinski definition) is 2. The number of anilines is 1. The molecule has 0 heterocycles. The lowest BCUT2D eigenvalue weighted by atomic mass is 10.1. The van der Waals surface area contributed by atoms with Crippen LogP contribution in [-0.2, 0) is 4.79 Å². The van der Waals surface area contributed by atoms with Gasteiger partial charge in [0.25, 0.3) is 11.8 Å². The van der Waals surface area contributed by atoms with Crippen molar-refractivity contribution in [1.29, 1.82) is 0 Å². The summed E-state index contributed by atoms with van der Waals surface area (Å²) in [5, 5.41) is 7.11. The quantitative estimate of drug-likeness (QED) is 0.437. The van der Waals surface area contributed by atoms with Gasteiger partial charge in [-0.1, -0.05) is 53.6 Å². The number of hydrazone groups is 1. The van der Waals surface area contributed by atoms with E-state index in [2.05, 4.69) is 15.8 Å². The van der Waals surface area contributed by atoms with Crippen LogP contribution in [0, 0.1) is 6.92 Å². The molecule has 3 rings (SSSR count). The van der Waals surface area contributed by atoms with Gasteiger partial charge in [-0.3, -0.25) is 9.59 Å². The average molecular weight is 422 g/mol. The average Bonchev–Trinajstić information content (AvgIpc) is 2.75. The van der Waals surface area contributed by atoms with Crippen molar-refractivity contribution in [2.24, 2.45) is 5.10 Å². The molecule has 152 valence electrons. The molecule has 0 spiro atoms. The fourth-order valence-electron chi connectivity index (χ4n) is 2.52. The second kappa shape index (κ2) is 10.2. The summed E-state index contributed by atoms with van der Waals surface area (Å²) in [6, 6.07) is 21.2. The number of nitrogens with one attached hydrogen (secondary N) is 2. The molecule has 2 N–H and O–H groups in total. The Morgan fingerprint density at radius 2 is 1.80 bits per heavy atom. The molecule has 0 aliphatic carbocycles. The minimum atomic E-state index is -0.326. The zero-order valence-corrected chi connectivity index (χ0v) is 17.0. The van der Waals surface area contributed by atoms with Crippen molar-refractivity contribution in [3.63, 3.8) is 0 Å². The first-order chi connectivity index (χ1) is 14.5. The fraction of sp³-hybridized carbons (Fsp3) is 0.0870. The van der Waals surface area contributed by atoms with Crippen LogP contribution in [0.3, 0.4) is 0 Å². The second-order valence-electron chi connectivity index (χ2n) is 6.45. The molecule has 0 aliphatic heterocycles. The predicted molar refractivity (Wildman–Crippen MR) is 118 cm³/mol. The smallest absolute Gasteiger partial charge is 0.271 e. The van der Waals surface area contributed by atoms with Gasteiger partial charge in [-0.05, 0) is 48.9 Å². The molecule has 0 radical (unpaired) electrons. The first-order valence-corrected chi connectivity index (χ1v) is 9.56. The zero-order chi connectivity index (χ0) is 21.3. The number of hydrogen-bond acceptors (Lipinski definition) is 4. The summed E-state index contributed by atoms with van der Waals surface area (Å²) in [5.41, 5.74) is 5.32. The largest absolute Gasteiger partial charge is 0.484 e. The topological polar surface area (TPSA) is 79.8 Å². The van der Waals surface area contributed by atoms with Gasteiger partial charge in [-0.2, -0.15) is 5.10 Å². The van der Waals surface area contributed by atoms with Crippen LogP contribution in [0.4, 0.5) is 5.69 Å². The minimum absolute atomic E-state index is 0.171. The first kappa shape index (κ1) is 21.1. The molecule has 0 saturated carbocycles. The standard InChI is InChI=1S/C23H20ClN3O3/c1-16-9-11-18(12-10-16)23(29)27-25-14-17-5-4-6-19(13-17)30-15-22(28)26-21-8-3-2-7-20(21)24/h2-14H,15H2,1H3,(H,26,28)(H,27,29)/b25-14+. The Bertz CT molecular complexity index is 1070. The van der Waals surface area contributed by atoms with E-state index in [9.17, 15) is 9.59 Å². The van der Waals surface area contributed by atoms with Crippen LogP contribution in [0.5, 0.6) is 5.75 Å². The highest BCUT2D eigenvalue weighted by atomic mass is 35.5. The summed E-state index contributed by atoms with van der Waals surface area (Å²) in [7, 11) is 0. The maximum absolute atomic E-state index is 12.1. The fourth-order valence-corrected chi connectivity index (χ4v) is 2.70. The highest BCUT2D eigenvalue weighted by Crippen LogP contribution is 2.20. The number of para-hydroxylation sites is 1. The molecular formula is C23H20ClN3O3. The van der Waals surface area contributed by atoms with Crippen molar-refractivity contribution in [3.05, 3.63) is 94.5 Å². The van der Waals surface area contributed by atoms with Crippen molar-refractivity contribution in [2.75, 3.05) is 11.9 Å². The van der Waals surface area contributed by atoms with Crippen molar-refractivity contribution in [2.45, 2.75) is 6.92 Å². The number of carbonyl (C=O) groups excluding carboxylic acids is 2. The number of rotatable bonds is 7.